The smallest absolute Gasteiger partial charge is 0.238 e. The Morgan fingerprint density at radius 2 is 2.20 bits per heavy atom. The predicted molar refractivity (Wildman–Crippen MR) is 79.6 cm³/mol. The van der Waals surface area contributed by atoms with E-state index < -0.39 is 0 Å². The zero-order valence-corrected chi connectivity index (χ0v) is 13.3. The Morgan fingerprint density at radius 1 is 1.45 bits per heavy atom. The Balaban J connectivity index is 1.85. The van der Waals surface area contributed by atoms with Gasteiger partial charge in [-0.15, -0.1) is 11.3 Å². The van der Waals surface area contributed by atoms with Crippen LogP contribution in [0, 0.1) is 12.3 Å². The maximum Gasteiger partial charge on any atom is 0.238 e. The molecule has 2 heterocycles. The molecule has 1 aromatic rings. The molecule has 20 heavy (non-hydrogen) atoms. The Morgan fingerprint density at radius 3 is 2.75 bits per heavy atom. The van der Waals surface area contributed by atoms with Crippen molar-refractivity contribution in [3.8, 4) is 0 Å². The van der Waals surface area contributed by atoms with Crippen molar-refractivity contribution < 1.29 is 9.53 Å². The van der Waals surface area contributed by atoms with Crippen LogP contribution in [0.25, 0.3) is 0 Å². The van der Waals surface area contributed by atoms with Crippen LogP contribution in [0.4, 0.5) is 0 Å². The van der Waals surface area contributed by atoms with Crippen molar-refractivity contribution in [2.75, 3.05) is 13.7 Å². The summed E-state index contributed by atoms with van der Waals surface area (Å²) >= 11 is 1.76. The minimum atomic E-state index is 0.0149. The van der Waals surface area contributed by atoms with E-state index in [1.165, 1.54) is 9.75 Å². The molecule has 0 bridgehead atoms. The molecule has 1 saturated heterocycles. The number of hydrogen-bond donors (Lipinski definition) is 1. The van der Waals surface area contributed by atoms with Crippen molar-refractivity contribution in [2.24, 2.45) is 5.41 Å². The van der Waals surface area contributed by atoms with E-state index in [-0.39, 0.29) is 29.6 Å². The number of amides is 1. The van der Waals surface area contributed by atoms with Crippen molar-refractivity contribution in [2.45, 2.75) is 45.5 Å². The Bertz CT molecular complexity index is 526. The van der Waals surface area contributed by atoms with Crippen LogP contribution in [0.2, 0.25) is 0 Å². The number of thiophene rings is 1. The molecule has 0 aromatic carbocycles. The maximum atomic E-state index is 12.3. The Hall–Kier alpha value is -0.910. The third kappa shape index (κ3) is 2.00. The van der Waals surface area contributed by atoms with Gasteiger partial charge in [-0.25, -0.2) is 0 Å². The average molecular weight is 294 g/mol. The molecule has 1 N–H and O–H groups in total. The monoisotopic (exact) mass is 294 g/mol. The number of nitrogens with one attached hydrogen (secondary N) is 1. The molecular weight excluding hydrogens is 272 g/mol. The number of carbonyl (C=O) groups is 1. The third-order valence-electron chi connectivity index (χ3n) is 4.79. The molecule has 4 nitrogen and oxygen atoms in total. The van der Waals surface area contributed by atoms with Crippen LogP contribution in [0.5, 0.6) is 0 Å². The van der Waals surface area contributed by atoms with Gasteiger partial charge >= 0.3 is 0 Å². The number of hydrogen-bond acceptors (Lipinski definition) is 4. The molecule has 3 unspecified atom stereocenters. The summed E-state index contributed by atoms with van der Waals surface area (Å²) in [7, 11) is 1.76. The van der Waals surface area contributed by atoms with E-state index in [2.05, 4.69) is 38.2 Å². The second-order valence-corrected chi connectivity index (χ2v) is 7.65. The number of methoxy groups -OCH3 is 1. The fourth-order valence-electron chi connectivity index (χ4n) is 3.45. The van der Waals surface area contributed by atoms with Gasteiger partial charge in [0, 0.05) is 28.3 Å². The van der Waals surface area contributed by atoms with Crippen LogP contribution in [0.3, 0.4) is 0 Å². The predicted octanol–water partition coefficient (Wildman–Crippen LogP) is 2.30. The molecule has 1 aromatic heterocycles. The first-order chi connectivity index (χ1) is 9.45. The third-order valence-corrected chi connectivity index (χ3v) is 5.84. The summed E-state index contributed by atoms with van der Waals surface area (Å²) in [6.45, 7) is 6.92. The Kier molecular flexibility index (Phi) is 3.39. The summed E-state index contributed by atoms with van der Waals surface area (Å²) in [4.78, 5) is 16.9. The highest BCUT2D eigenvalue weighted by Gasteiger charge is 2.55. The molecule has 0 spiro atoms. The van der Waals surface area contributed by atoms with Crippen molar-refractivity contribution >= 4 is 17.2 Å². The first kappa shape index (κ1) is 14.0. The van der Waals surface area contributed by atoms with E-state index >= 15 is 0 Å². The molecule has 110 valence electrons. The molecule has 2 aliphatic rings. The zero-order chi connectivity index (χ0) is 14.5. The van der Waals surface area contributed by atoms with Crippen molar-refractivity contribution in [1.82, 2.24) is 10.2 Å². The summed E-state index contributed by atoms with van der Waals surface area (Å²) in [6.07, 6.45) is 1.20. The highest BCUT2D eigenvalue weighted by atomic mass is 32.1. The van der Waals surface area contributed by atoms with E-state index in [9.17, 15) is 4.79 Å². The molecule has 0 radical (unpaired) electrons. The number of carbonyl (C=O) groups excluding carboxylic acids is 1. The minimum absolute atomic E-state index is 0.0149. The molecule has 2 fully saturated rings. The normalized spacial score (nSPS) is 32.5. The molecule has 1 aliphatic heterocycles. The summed E-state index contributed by atoms with van der Waals surface area (Å²) in [5, 5.41) is 3.35. The second-order valence-electron chi connectivity index (χ2n) is 6.33. The van der Waals surface area contributed by atoms with Crippen LogP contribution in [0.15, 0.2) is 12.1 Å². The number of aryl methyl sites for hydroxylation is 1. The highest BCUT2D eigenvalue weighted by Crippen LogP contribution is 2.48. The number of nitrogens with zero attached hydrogens (tertiary/aromatic N) is 1. The first-order valence-electron chi connectivity index (χ1n) is 7.09. The summed E-state index contributed by atoms with van der Waals surface area (Å²) in [5.74, 6) is 0.202. The van der Waals surface area contributed by atoms with Gasteiger partial charge in [0.1, 0.15) is 6.17 Å². The lowest BCUT2D eigenvalue weighted by Crippen LogP contribution is -2.62. The second kappa shape index (κ2) is 4.83. The van der Waals surface area contributed by atoms with Crippen LogP contribution < -0.4 is 5.32 Å². The highest BCUT2D eigenvalue weighted by molar-refractivity contribution is 7.12. The summed E-state index contributed by atoms with van der Waals surface area (Å²) in [6, 6.07) is 4.50. The molecule has 1 amide bonds. The van der Waals surface area contributed by atoms with Gasteiger partial charge in [0.2, 0.25) is 5.91 Å². The van der Waals surface area contributed by atoms with E-state index in [1.807, 2.05) is 4.90 Å². The van der Waals surface area contributed by atoms with E-state index in [0.29, 0.717) is 6.54 Å². The van der Waals surface area contributed by atoms with Gasteiger partial charge in [-0.3, -0.25) is 10.1 Å². The topological polar surface area (TPSA) is 41.6 Å². The van der Waals surface area contributed by atoms with Crippen molar-refractivity contribution in [1.29, 1.82) is 0 Å². The van der Waals surface area contributed by atoms with Gasteiger partial charge in [0.15, 0.2) is 0 Å². The number of rotatable bonds is 3. The van der Waals surface area contributed by atoms with Crippen LogP contribution in [0.1, 0.15) is 36.2 Å². The van der Waals surface area contributed by atoms with Gasteiger partial charge in [-0.2, -0.15) is 0 Å². The van der Waals surface area contributed by atoms with Gasteiger partial charge in [-0.1, -0.05) is 13.8 Å². The van der Waals surface area contributed by atoms with Gasteiger partial charge in [0.05, 0.1) is 12.6 Å². The lowest BCUT2D eigenvalue weighted by atomic mass is 9.63. The molecular formula is C15H22N2O2S. The maximum absolute atomic E-state index is 12.3. The molecule has 3 rings (SSSR count). The quantitative estimate of drug-likeness (QED) is 0.930. The van der Waals surface area contributed by atoms with Crippen molar-refractivity contribution in [3.05, 3.63) is 21.9 Å². The van der Waals surface area contributed by atoms with Gasteiger partial charge < -0.3 is 9.64 Å². The van der Waals surface area contributed by atoms with E-state index in [1.54, 1.807) is 18.4 Å². The average Bonchev–Trinajstić information content (AvgIpc) is 2.96. The fourth-order valence-corrected chi connectivity index (χ4v) is 4.40. The van der Waals surface area contributed by atoms with Crippen LogP contribution in [-0.4, -0.2) is 36.6 Å². The Labute approximate surface area is 124 Å². The van der Waals surface area contributed by atoms with Gasteiger partial charge in [0.25, 0.3) is 0 Å². The minimum Gasteiger partial charge on any atom is -0.381 e. The molecule has 1 saturated carbocycles. The largest absolute Gasteiger partial charge is 0.381 e. The van der Waals surface area contributed by atoms with Gasteiger partial charge in [-0.05, 0) is 25.5 Å². The fraction of sp³-hybridized carbons (Fsp3) is 0.667. The number of ether oxygens (including phenoxy) is 1. The lowest BCUT2D eigenvalue weighted by Gasteiger charge is -2.55. The standard InChI is InChI=1S/C15H22N2O2S/c1-9-5-6-10(20-9)14-16-8-13(18)17(14)11-7-12(19-4)15(11,2)3/h5-6,11-12,14,16H,7-8H2,1-4H3. The molecule has 1 aliphatic carbocycles. The molecule has 3 atom stereocenters. The first-order valence-corrected chi connectivity index (χ1v) is 7.90. The van der Waals surface area contributed by atoms with Crippen LogP contribution >= 0.6 is 11.3 Å². The summed E-state index contributed by atoms with van der Waals surface area (Å²) in [5.41, 5.74) is 0.0149. The van der Waals surface area contributed by atoms with E-state index in [0.717, 1.165) is 6.42 Å². The van der Waals surface area contributed by atoms with E-state index in [4.69, 9.17) is 4.74 Å². The van der Waals surface area contributed by atoms with Crippen molar-refractivity contribution in [3.63, 3.8) is 0 Å². The SMILES string of the molecule is COC1CC(N2C(=O)CNC2c2ccc(C)s2)C1(C)C. The lowest BCUT2D eigenvalue weighted by molar-refractivity contribution is -0.161. The molecule has 5 heteroatoms. The zero-order valence-electron chi connectivity index (χ0n) is 12.5. The summed E-state index contributed by atoms with van der Waals surface area (Å²) < 4.78 is 5.52. The van der Waals surface area contributed by atoms with Crippen LogP contribution in [-0.2, 0) is 9.53 Å².